The summed E-state index contributed by atoms with van der Waals surface area (Å²) in [7, 11) is -2.34. The van der Waals surface area contributed by atoms with E-state index in [1.165, 1.54) is 24.1 Å². The van der Waals surface area contributed by atoms with Gasteiger partial charge in [0.2, 0.25) is 5.91 Å². The number of nitrogens with zero attached hydrogens (tertiary/aromatic N) is 1. The van der Waals surface area contributed by atoms with Crippen LogP contribution in [-0.4, -0.2) is 28.0 Å². The number of anilines is 2. The topological polar surface area (TPSA) is 75.7 Å². The van der Waals surface area contributed by atoms with Gasteiger partial charge in [0.25, 0.3) is 10.0 Å². The minimum Gasteiger partial charge on any atom is -0.495 e. The second kappa shape index (κ2) is 9.89. The molecule has 0 aromatic heterocycles. The largest absolute Gasteiger partial charge is 0.495 e. The van der Waals surface area contributed by atoms with Crippen LogP contribution < -0.4 is 14.4 Å². The summed E-state index contributed by atoms with van der Waals surface area (Å²) in [6, 6.07) is 20.5. The number of amides is 1. The number of nitrogens with one attached hydrogen (secondary N) is 1. The maximum absolute atomic E-state index is 13.1. The lowest BCUT2D eigenvalue weighted by atomic mass is 10.1. The van der Waals surface area contributed by atoms with Gasteiger partial charge in [-0.25, -0.2) is 8.42 Å². The van der Waals surface area contributed by atoms with Crippen molar-refractivity contribution in [3.05, 3.63) is 77.9 Å². The molecule has 0 atom stereocenters. The third kappa shape index (κ3) is 5.34. The van der Waals surface area contributed by atoms with E-state index in [4.69, 9.17) is 4.74 Å². The van der Waals surface area contributed by atoms with E-state index in [2.05, 4.69) is 16.9 Å². The van der Waals surface area contributed by atoms with Crippen LogP contribution in [0.3, 0.4) is 0 Å². The summed E-state index contributed by atoms with van der Waals surface area (Å²) in [4.78, 5) is 15.1. The van der Waals surface area contributed by atoms with E-state index in [9.17, 15) is 13.2 Å². The van der Waals surface area contributed by atoms with Crippen LogP contribution in [0.4, 0.5) is 11.4 Å². The smallest absolute Gasteiger partial charge is 0.261 e. The van der Waals surface area contributed by atoms with Crippen LogP contribution in [0.5, 0.6) is 5.75 Å². The van der Waals surface area contributed by atoms with Crippen molar-refractivity contribution in [2.24, 2.45) is 0 Å². The first-order valence-corrected chi connectivity index (χ1v) is 13.1. The Morgan fingerprint density at radius 1 is 1.06 bits per heavy atom. The van der Waals surface area contributed by atoms with Gasteiger partial charge >= 0.3 is 0 Å². The summed E-state index contributed by atoms with van der Waals surface area (Å²) in [5, 5.41) is 0. The van der Waals surface area contributed by atoms with Gasteiger partial charge in [0.05, 0.1) is 23.4 Å². The maximum atomic E-state index is 13.1. The Bertz CT molecular complexity index is 1260. The molecule has 0 radical (unpaired) electrons. The van der Waals surface area contributed by atoms with E-state index >= 15 is 0 Å². The lowest BCUT2D eigenvalue weighted by Crippen LogP contribution is -2.25. The summed E-state index contributed by atoms with van der Waals surface area (Å²) in [5.41, 5.74) is 2.96. The second-order valence-corrected chi connectivity index (χ2v) is 10.6. The Morgan fingerprint density at radius 2 is 1.85 bits per heavy atom. The Labute approximate surface area is 199 Å². The third-order valence-corrected chi connectivity index (χ3v) is 7.96. The summed E-state index contributed by atoms with van der Waals surface area (Å²) < 4.78 is 34.3. The van der Waals surface area contributed by atoms with Crippen molar-refractivity contribution in [2.45, 2.75) is 35.3 Å². The molecule has 1 amide bonds. The minimum atomic E-state index is -3.85. The third-order valence-electron chi connectivity index (χ3n) is 5.51. The number of carbonyl (C=O) groups is 1. The monoisotopic (exact) mass is 482 g/mol. The van der Waals surface area contributed by atoms with E-state index in [1.807, 2.05) is 37.3 Å². The van der Waals surface area contributed by atoms with Crippen LogP contribution >= 0.6 is 11.8 Å². The van der Waals surface area contributed by atoms with E-state index in [-0.39, 0.29) is 10.8 Å². The van der Waals surface area contributed by atoms with Gasteiger partial charge in [0, 0.05) is 23.6 Å². The molecule has 33 heavy (non-hydrogen) atoms. The molecule has 0 spiro atoms. The van der Waals surface area contributed by atoms with Crippen molar-refractivity contribution < 1.29 is 17.9 Å². The SMILES string of the molecule is COc1ccc(S(=O)(=O)Nc2ccc(CSc3ccccc3)cc2C)cc1N1CCCC1=O. The van der Waals surface area contributed by atoms with Crippen LogP contribution in [-0.2, 0) is 20.6 Å². The number of rotatable bonds is 8. The number of ether oxygens (including phenoxy) is 1. The van der Waals surface area contributed by atoms with E-state index in [1.54, 1.807) is 28.8 Å². The van der Waals surface area contributed by atoms with Crippen LogP contribution in [0.1, 0.15) is 24.0 Å². The zero-order chi connectivity index (χ0) is 23.4. The average Bonchev–Trinajstić information content (AvgIpc) is 3.25. The number of aryl methyl sites for hydroxylation is 1. The molecule has 3 aromatic carbocycles. The molecule has 1 saturated heterocycles. The molecular weight excluding hydrogens is 456 g/mol. The van der Waals surface area contributed by atoms with Crippen molar-refractivity contribution in [1.29, 1.82) is 0 Å². The number of methoxy groups -OCH3 is 1. The highest BCUT2D eigenvalue weighted by atomic mass is 32.2. The Morgan fingerprint density at radius 3 is 2.52 bits per heavy atom. The molecule has 3 aromatic rings. The second-order valence-electron chi connectivity index (χ2n) is 7.84. The molecule has 4 rings (SSSR count). The molecule has 0 unspecified atom stereocenters. The standard InChI is InChI=1S/C25H26N2O4S2/c1-18-15-19(17-32-20-7-4-3-5-8-20)10-12-22(18)26-33(29,30)21-11-13-24(31-2)23(16-21)27-14-6-9-25(27)28/h3-5,7-8,10-13,15-16,26H,6,9,14,17H2,1-2H3. The average molecular weight is 483 g/mol. The van der Waals surface area contributed by atoms with Gasteiger partial charge in [-0.3, -0.25) is 9.52 Å². The van der Waals surface area contributed by atoms with Gasteiger partial charge in [-0.05, 0) is 60.9 Å². The number of carbonyl (C=O) groups excluding carboxylic acids is 1. The Hall–Kier alpha value is -2.97. The predicted molar refractivity (Wildman–Crippen MR) is 133 cm³/mol. The normalized spacial score (nSPS) is 13.9. The fraction of sp³-hybridized carbons (Fsp3) is 0.240. The first-order valence-electron chi connectivity index (χ1n) is 10.7. The van der Waals surface area contributed by atoms with Gasteiger partial charge < -0.3 is 9.64 Å². The number of hydrogen-bond acceptors (Lipinski definition) is 5. The van der Waals surface area contributed by atoms with Crippen molar-refractivity contribution in [3.8, 4) is 5.75 Å². The molecule has 1 heterocycles. The summed E-state index contributed by atoms with van der Waals surface area (Å²) in [6.07, 6.45) is 1.19. The van der Waals surface area contributed by atoms with Crippen LogP contribution in [0.25, 0.3) is 0 Å². The van der Waals surface area contributed by atoms with E-state index < -0.39 is 10.0 Å². The quantitative estimate of drug-likeness (QED) is 0.445. The summed E-state index contributed by atoms with van der Waals surface area (Å²) in [6.45, 7) is 2.44. The van der Waals surface area contributed by atoms with Gasteiger partial charge in [-0.15, -0.1) is 11.8 Å². The molecule has 1 fully saturated rings. The molecule has 172 valence electrons. The van der Waals surface area contributed by atoms with Gasteiger partial charge in [0.15, 0.2) is 0 Å². The summed E-state index contributed by atoms with van der Waals surface area (Å²) in [5.74, 6) is 1.24. The summed E-state index contributed by atoms with van der Waals surface area (Å²) >= 11 is 1.73. The number of hydrogen-bond donors (Lipinski definition) is 1. The Balaban J connectivity index is 1.53. The van der Waals surface area contributed by atoms with Crippen molar-refractivity contribution >= 4 is 39.1 Å². The molecule has 1 aliphatic rings. The number of thioether (sulfide) groups is 1. The highest BCUT2D eigenvalue weighted by molar-refractivity contribution is 7.98. The lowest BCUT2D eigenvalue weighted by molar-refractivity contribution is -0.117. The Kier molecular flexibility index (Phi) is 6.95. The van der Waals surface area contributed by atoms with Crippen molar-refractivity contribution in [2.75, 3.05) is 23.3 Å². The molecular formula is C25H26N2O4S2. The fourth-order valence-corrected chi connectivity index (χ4v) is 5.78. The molecule has 1 N–H and O–H groups in total. The molecule has 8 heteroatoms. The zero-order valence-corrected chi connectivity index (χ0v) is 20.2. The van der Waals surface area contributed by atoms with E-state index in [0.29, 0.717) is 30.1 Å². The molecule has 0 aliphatic carbocycles. The maximum Gasteiger partial charge on any atom is 0.261 e. The van der Waals surface area contributed by atoms with Crippen molar-refractivity contribution in [3.63, 3.8) is 0 Å². The predicted octanol–water partition coefficient (Wildman–Crippen LogP) is 5.22. The number of sulfonamides is 1. The van der Waals surface area contributed by atoms with Gasteiger partial charge in [-0.1, -0.05) is 30.3 Å². The molecule has 0 bridgehead atoms. The van der Waals surface area contributed by atoms with Crippen molar-refractivity contribution in [1.82, 2.24) is 0 Å². The first-order chi connectivity index (χ1) is 15.9. The fourth-order valence-electron chi connectivity index (χ4n) is 3.77. The van der Waals surface area contributed by atoms with Crippen LogP contribution in [0, 0.1) is 6.92 Å². The molecule has 0 saturated carbocycles. The lowest BCUT2D eigenvalue weighted by Gasteiger charge is -2.20. The number of benzene rings is 3. The van der Waals surface area contributed by atoms with E-state index in [0.717, 1.165) is 23.3 Å². The molecule has 1 aliphatic heterocycles. The minimum absolute atomic E-state index is 0.0318. The van der Waals surface area contributed by atoms with Crippen LogP contribution in [0.15, 0.2) is 76.5 Å². The molecule has 6 nitrogen and oxygen atoms in total. The highest BCUT2D eigenvalue weighted by Crippen LogP contribution is 2.34. The van der Waals surface area contributed by atoms with Gasteiger partial charge in [-0.2, -0.15) is 0 Å². The zero-order valence-electron chi connectivity index (χ0n) is 18.6. The van der Waals surface area contributed by atoms with Crippen LogP contribution in [0.2, 0.25) is 0 Å². The first kappa shape index (κ1) is 23.2. The highest BCUT2D eigenvalue weighted by Gasteiger charge is 2.26. The van der Waals surface area contributed by atoms with Gasteiger partial charge in [0.1, 0.15) is 5.75 Å².